The molecule has 19 heavy (non-hydrogen) atoms. The molecule has 0 radical (unpaired) electrons. The summed E-state index contributed by atoms with van der Waals surface area (Å²) in [4.78, 5) is 0.0597. The lowest BCUT2D eigenvalue weighted by Crippen LogP contribution is -2.32. The van der Waals surface area contributed by atoms with Crippen LogP contribution in [0.4, 0.5) is 0 Å². The summed E-state index contributed by atoms with van der Waals surface area (Å²) in [6.45, 7) is 3.61. The Morgan fingerprint density at radius 2 is 2.11 bits per heavy atom. The highest BCUT2D eigenvalue weighted by molar-refractivity contribution is 7.89. The number of aliphatic hydroxyl groups is 1. The van der Waals surface area contributed by atoms with Gasteiger partial charge >= 0.3 is 0 Å². The first-order valence-electron chi connectivity index (χ1n) is 6.24. The van der Waals surface area contributed by atoms with Crippen LogP contribution in [-0.2, 0) is 16.6 Å². The quantitative estimate of drug-likeness (QED) is 0.799. The highest BCUT2D eigenvalue weighted by Gasteiger charge is 2.21. The molecule has 1 atom stereocenters. The predicted molar refractivity (Wildman–Crippen MR) is 73.6 cm³/mol. The van der Waals surface area contributed by atoms with Gasteiger partial charge in [0.1, 0.15) is 10.6 Å². The van der Waals surface area contributed by atoms with Gasteiger partial charge in [-0.3, -0.25) is 0 Å². The fourth-order valence-corrected chi connectivity index (χ4v) is 3.35. The summed E-state index contributed by atoms with van der Waals surface area (Å²) in [5.41, 5.74) is 0.532. The van der Waals surface area contributed by atoms with E-state index in [1.165, 1.54) is 13.2 Å². The summed E-state index contributed by atoms with van der Waals surface area (Å²) >= 11 is 0. The van der Waals surface area contributed by atoms with Crippen LogP contribution in [0.25, 0.3) is 0 Å². The van der Waals surface area contributed by atoms with Gasteiger partial charge in [0.25, 0.3) is 0 Å². The minimum absolute atomic E-state index is 0.0597. The van der Waals surface area contributed by atoms with E-state index in [1.54, 1.807) is 12.1 Å². The van der Waals surface area contributed by atoms with Crippen molar-refractivity contribution in [3.63, 3.8) is 0 Å². The lowest BCUT2D eigenvalue weighted by Gasteiger charge is -2.15. The van der Waals surface area contributed by atoms with E-state index in [9.17, 15) is 8.42 Å². The van der Waals surface area contributed by atoms with E-state index in [1.807, 2.05) is 13.8 Å². The minimum atomic E-state index is -3.64. The Bertz CT molecular complexity index is 513. The molecule has 0 heterocycles. The molecular weight excluding hydrogens is 266 g/mol. The standard InChI is InChI=1S/C13H21NO4S/c1-4-5-10(2)14-19(16,17)13-8-11(9-15)6-7-12(13)18-3/h6-8,10,14-15H,4-5,9H2,1-3H3. The summed E-state index contributed by atoms with van der Waals surface area (Å²) in [6, 6.07) is 4.47. The molecule has 0 aliphatic carbocycles. The topological polar surface area (TPSA) is 75.6 Å². The van der Waals surface area contributed by atoms with Gasteiger partial charge in [0.05, 0.1) is 13.7 Å². The van der Waals surface area contributed by atoms with Crippen molar-refractivity contribution in [3.05, 3.63) is 23.8 Å². The van der Waals surface area contributed by atoms with Crippen molar-refractivity contribution in [1.82, 2.24) is 4.72 Å². The van der Waals surface area contributed by atoms with Crippen molar-refractivity contribution in [3.8, 4) is 5.75 Å². The number of rotatable bonds is 7. The van der Waals surface area contributed by atoms with Gasteiger partial charge in [-0.1, -0.05) is 19.4 Å². The number of hydrogen-bond acceptors (Lipinski definition) is 4. The second kappa shape index (κ2) is 6.88. The molecule has 0 fully saturated rings. The highest BCUT2D eigenvalue weighted by atomic mass is 32.2. The molecule has 1 aromatic carbocycles. The van der Waals surface area contributed by atoms with E-state index in [2.05, 4.69) is 4.72 Å². The van der Waals surface area contributed by atoms with Crippen molar-refractivity contribution in [2.45, 2.75) is 44.2 Å². The van der Waals surface area contributed by atoms with Crippen LogP contribution in [0.1, 0.15) is 32.3 Å². The van der Waals surface area contributed by atoms with Crippen LogP contribution in [0.3, 0.4) is 0 Å². The van der Waals surface area contributed by atoms with Gasteiger partial charge in [-0.25, -0.2) is 13.1 Å². The Balaban J connectivity index is 3.11. The maximum Gasteiger partial charge on any atom is 0.244 e. The van der Waals surface area contributed by atoms with Crippen molar-refractivity contribution >= 4 is 10.0 Å². The average Bonchev–Trinajstić information content (AvgIpc) is 2.37. The zero-order chi connectivity index (χ0) is 14.5. The summed E-state index contributed by atoms with van der Waals surface area (Å²) in [5, 5.41) is 9.10. The molecule has 1 unspecified atom stereocenters. The minimum Gasteiger partial charge on any atom is -0.495 e. The molecule has 0 aliphatic heterocycles. The normalized spacial score (nSPS) is 13.3. The maximum atomic E-state index is 12.3. The highest BCUT2D eigenvalue weighted by Crippen LogP contribution is 2.25. The molecule has 0 aromatic heterocycles. The zero-order valence-electron chi connectivity index (χ0n) is 11.5. The van der Waals surface area contributed by atoms with E-state index in [4.69, 9.17) is 9.84 Å². The second-order valence-electron chi connectivity index (χ2n) is 4.45. The van der Waals surface area contributed by atoms with Gasteiger partial charge in [0, 0.05) is 6.04 Å². The molecule has 5 nitrogen and oxygen atoms in total. The first-order chi connectivity index (χ1) is 8.94. The molecular formula is C13H21NO4S. The number of methoxy groups -OCH3 is 1. The number of benzene rings is 1. The molecule has 0 saturated heterocycles. The average molecular weight is 287 g/mol. The molecule has 0 bridgehead atoms. The maximum absolute atomic E-state index is 12.3. The van der Waals surface area contributed by atoms with E-state index in [0.29, 0.717) is 5.56 Å². The molecule has 0 amide bonds. The molecule has 2 N–H and O–H groups in total. The van der Waals surface area contributed by atoms with Crippen LogP contribution >= 0.6 is 0 Å². The zero-order valence-corrected chi connectivity index (χ0v) is 12.3. The third kappa shape index (κ3) is 4.19. The lowest BCUT2D eigenvalue weighted by atomic mass is 10.2. The SMILES string of the molecule is CCCC(C)NS(=O)(=O)c1cc(CO)ccc1OC. The predicted octanol–water partition coefficient (Wildman–Crippen LogP) is 1.65. The van der Waals surface area contributed by atoms with E-state index in [0.717, 1.165) is 12.8 Å². The molecule has 0 spiro atoms. The third-order valence-electron chi connectivity index (χ3n) is 2.78. The first-order valence-corrected chi connectivity index (χ1v) is 7.73. The Kier molecular flexibility index (Phi) is 5.78. The third-order valence-corrected chi connectivity index (χ3v) is 4.39. The van der Waals surface area contributed by atoms with E-state index in [-0.39, 0.29) is 23.3 Å². The monoisotopic (exact) mass is 287 g/mol. The summed E-state index contributed by atoms with van der Waals surface area (Å²) in [7, 11) is -2.22. The molecule has 108 valence electrons. The van der Waals surface area contributed by atoms with Gasteiger partial charge < -0.3 is 9.84 Å². The number of ether oxygens (including phenoxy) is 1. The number of sulfonamides is 1. The molecule has 1 rings (SSSR count). The molecule has 0 saturated carbocycles. The Morgan fingerprint density at radius 3 is 2.63 bits per heavy atom. The Labute approximate surface area is 114 Å². The fraction of sp³-hybridized carbons (Fsp3) is 0.538. The first kappa shape index (κ1) is 15.9. The van der Waals surface area contributed by atoms with Gasteiger partial charge in [0.15, 0.2) is 0 Å². The van der Waals surface area contributed by atoms with Crippen LogP contribution in [0.2, 0.25) is 0 Å². The van der Waals surface area contributed by atoms with Gasteiger partial charge in [0.2, 0.25) is 10.0 Å². The van der Waals surface area contributed by atoms with Crippen molar-refractivity contribution in [2.24, 2.45) is 0 Å². The smallest absolute Gasteiger partial charge is 0.244 e. The summed E-state index contributed by atoms with van der Waals surface area (Å²) in [5.74, 6) is 0.272. The van der Waals surface area contributed by atoms with Crippen molar-refractivity contribution in [2.75, 3.05) is 7.11 Å². The Hall–Kier alpha value is -1.11. The van der Waals surface area contributed by atoms with Crippen LogP contribution in [0, 0.1) is 0 Å². The number of hydrogen-bond donors (Lipinski definition) is 2. The van der Waals surface area contributed by atoms with E-state index >= 15 is 0 Å². The fourth-order valence-electron chi connectivity index (χ4n) is 1.85. The lowest BCUT2D eigenvalue weighted by molar-refractivity contribution is 0.281. The number of aliphatic hydroxyl groups excluding tert-OH is 1. The summed E-state index contributed by atoms with van der Waals surface area (Å²) < 4.78 is 32.3. The van der Waals surface area contributed by atoms with Crippen molar-refractivity contribution < 1.29 is 18.3 Å². The molecule has 6 heteroatoms. The largest absolute Gasteiger partial charge is 0.495 e. The Morgan fingerprint density at radius 1 is 1.42 bits per heavy atom. The van der Waals surface area contributed by atoms with Gasteiger partial charge in [-0.2, -0.15) is 0 Å². The molecule has 1 aromatic rings. The van der Waals surface area contributed by atoms with Crippen LogP contribution < -0.4 is 9.46 Å². The van der Waals surface area contributed by atoms with E-state index < -0.39 is 10.0 Å². The number of nitrogens with one attached hydrogen (secondary N) is 1. The van der Waals surface area contributed by atoms with Crippen LogP contribution in [0.5, 0.6) is 5.75 Å². The van der Waals surface area contributed by atoms with Crippen LogP contribution in [-0.4, -0.2) is 26.7 Å². The van der Waals surface area contributed by atoms with Gasteiger partial charge in [-0.15, -0.1) is 0 Å². The van der Waals surface area contributed by atoms with Crippen molar-refractivity contribution in [1.29, 1.82) is 0 Å². The van der Waals surface area contributed by atoms with Gasteiger partial charge in [-0.05, 0) is 31.0 Å². The second-order valence-corrected chi connectivity index (χ2v) is 6.14. The van der Waals surface area contributed by atoms with Crippen LogP contribution in [0.15, 0.2) is 23.1 Å². The molecule has 0 aliphatic rings. The summed E-state index contributed by atoms with van der Waals surface area (Å²) in [6.07, 6.45) is 1.67.